The Kier molecular flexibility index (Phi) is 61.7. The van der Waals surface area contributed by atoms with Gasteiger partial charge in [-0.3, -0.25) is 4.79 Å². The fraction of sp³-hybridized carbons (Fsp3) is 0.821. The summed E-state index contributed by atoms with van der Waals surface area (Å²) in [7, 11) is 0. The number of unbranched alkanes of at least 4 members (excludes halogenated alkanes) is 12. The average molecular weight is 640 g/mol. The van der Waals surface area contributed by atoms with Crippen molar-refractivity contribution in [2.75, 3.05) is 19.0 Å². The summed E-state index contributed by atoms with van der Waals surface area (Å²) in [6.45, 7) is 16.9. The molecule has 0 unspecified atom stereocenters. The van der Waals surface area contributed by atoms with E-state index in [0.717, 1.165) is 50.3 Å². The average Bonchev–Trinajstić information content (AvgIpc) is 2.87. The van der Waals surface area contributed by atoms with Crippen LogP contribution in [0.5, 0.6) is 0 Å². The minimum atomic E-state index is -0.270. The van der Waals surface area contributed by atoms with Gasteiger partial charge in [0.1, 0.15) is 5.75 Å². The normalized spacial score (nSPS) is 9.14. The van der Waals surface area contributed by atoms with E-state index in [4.69, 9.17) is 9.47 Å². The summed E-state index contributed by atoms with van der Waals surface area (Å²) in [5, 5.41) is -0.270. The molecule has 208 valence electrons. The van der Waals surface area contributed by atoms with Gasteiger partial charge in [0.25, 0.3) is 0 Å². The summed E-state index contributed by atoms with van der Waals surface area (Å²) in [6, 6.07) is 0. The van der Waals surface area contributed by atoms with Crippen LogP contribution in [0.2, 0.25) is 0 Å². The second-order valence-electron chi connectivity index (χ2n) is 7.85. The molecule has 8 radical (unpaired) electrons. The number of carbonyl (C=O) groups is 2. The number of esters is 1. The summed E-state index contributed by atoms with van der Waals surface area (Å²) < 4.78 is 9.71. The Bertz CT molecular complexity index is 335. The minimum absolute atomic E-state index is 0. The molecule has 0 aliphatic heterocycles. The van der Waals surface area contributed by atoms with Gasteiger partial charge in [0.05, 0.1) is 13.2 Å². The van der Waals surface area contributed by atoms with E-state index >= 15 is 0 Å². The zero-order valence-corrected chi connectivity index (χ0v) is 28.0. The van der Waals surface area contributed by atoms with Crippen LogP contribution in [0.25, 0.3) is 0 Å². The van der Waals surface area contributed by atoms with E-state index in [2.05, 4.69) is 60.4 Å². The number of hydrogen-bond acceptors (Lipinski definition) is 5. The maximum absolute atomic E-state index is 10.6. The van der Waals surface area contributed by atoms with Crippen LogP contribution in [0.4, 0.5) is 4.79 Å². The van der Waals surface area contributed by atoms with Gasteiger partial charge in [-0.25, -0.2) is 4.79 Å². The molecule has 0 aliphatic rings. The van der Waals surface area contributed by atoms with E-state index in [-0.39, 0.29) is 40.9 Å². The van der Waals surface area contributed by atoms with Crippen molar-refractivity contribution in [1.29, 1.82) is 0 Å². The van der Waals surface area contributed by atoms with Crippen molar-refractivity contribution in [1.82, 2.24) is 0 Å². The second-order valence-corrected chi connectivity index (χ2v) is 8.76. The zero-order valence-electron chi connectivity index (χ0n) is 23.5. The monoisotopic (exact) mass is 640 g/mol. The Hall–Kier alpha value is 0.439. The van der Waals surface area contributed by atoms with Crippen molar-refractivity contribution in [3.05, 3.63) is 20.1 Å². The summed E-state index contributed by atoms with van der Waals surface area (Å²) in [4.78, 5) is 21.2. The number of thioether (sulfide) groups is 1. The fourth-order valence-corrected chi connectivity index (χ4v) is 2.44. The van der Waals surface area contributed by atoms with E-state index in [1.807, 2.05) is 0 Å². The number of rotatable bonds is 17. The topological polar surface area (TPSA) is 52.6 Å². The van der Waals surface area contributed by atoms with Crippen molar-refractivity contribution in [3.8, 4) is 0 Å². The molecule has 0 bridgehead atoms. The molecular weight excluding hydrogens is 583 g/mol. The molecule has 0 fully saturated rings. The molecular formula is C28H56O4S2Sn. The quantitative estimate of drug-likeness (QED) is 0.0901. The standard InChI is InChI=1S/2C10H19O2S.2C4H9.Sn/c1-3-4-5-6-7-8-9-12-10(11)13-2;1-2-3-4-5-6-7-8-12-10(11)9-13;2*1-3-4-2;/h2*2-9H2,1H3;2*1,3-4H2,2H3;. The van der Waals surface area contributed by atoms with Gasteiger partial charge in [0, 0.05) is 30.2 Å². The van der Waals surface area contributed by atoms with E-state index in [9.17, 15) is 9.59 Å². The van der Waals surface area contributed by atoms with Crippen LogP contribution in [0.15, 0.2) is 0 Å². The van der Waals surface area contributed by atoms with Crippen LogP contribution in [-0.2, 0) is 14.3 Å². The summed E-state index contributed by atoms with van der Waals surface area (Å²) in [5.41, 5.74) is 0. The smallest absolute Gasteiger partial charge is 0.367 e. The third-order valence-electron chi connectivity index (χ3n) is 4.42. The summed E-state index contributed by atoms with van der Waals surface area (Å²) >= 11 is 5.42. The van der Waals surface area contributed by atoms with E-state index in [1.54, 1.807) is 0 Å². The molecule has 0 N–H and O–H groups in total. The van der Waals surface area contributed by atoms with Gasteiger partial charge in [-0.2, -0.15) is 0 Å². The van der Waals surface area contributed by atoms with Crippen LogP contribution in [0.3, 0.4) is 0 Å². The second kappa shape index (κ2) is 47.6. The molecule has 0 amide bonds. The SMILES string of the molecule is CCCCCCCCOC(=O)C[S].[CH2]CCC.[CH2]CCC.[CH2]SC(=O)OCCCCCCCC.[Sn]. The van der Waals surface area contributed by atoms with Gasteiger partial charge >= 0.3 is 11.3 Å². The molecule has 0 saturated carbocycles. The Balaban J connectivity index is -0.000000128. The van der Waals surface area contributed by atoms with Crippen LogP contribution in [-0.4, -0.2) is 54.1 Å². The third kappa shape index (κ3) is 60.7. The molecule has 7 heteroatoms. The molecule has 0 aromatic rings. The molecule has 35 heavy (non-hydrogen) atoms. The molecule has 0 aromatic heterocycles. The van der Waals surface area contributed by atoms with Gasteiger partial charge in [0.15, 0.2) is 0 Å². The van der Waals surface area contributed by atoms with Gasteiger partial charge < -0.3 is 9.47 Å². The van der Waals surface area contributed by atoms with Crippen LogP contribution in [0, 0.1) is 20.1 Å². The first-order valence-corrected chi connectivity index (χ1v) is 14.9. The molecule has 4 nitrogen and oxygen atoms in total. The van der Waals surface area contributed by atoms with E-state index in [0.29, 0.717) is 13.2 Å². The van der Waals surface area contributed by atoms with Gasteiger partial charge in [0.2, 0.25) is 0 Å². The minimum Gasteiger partial charge on any atom is -0.465 e. The Labute approximate surface area is 247 Å². The zero-order chi connectivity index (χ0) is 26.7. The molecule has 0 atom stereocenters. The first-order valence-electron chi connectivity index (χ1n) is 13.4. The fourth-order valence-electron chi connectivity index (χ4n) is 2.19. The molecule has 0 aromatic carbocycles. The predicted octanol–water partition coefficient (Wildman–Crippen LogP) is 9.96. The molecule has 0 rings (SSSR count). The number of hydrogen-bond donors (Lipinski definition) is 0. The van der Waals surface area contributed by atoms with Crippen LogP contribution in [0.1, 0.15) is 130 Å². The first-order chi connectivity index (χ1) is 16.4. The van der Waals surface area contributed by atoms with Crippen molar-refractivity contribution in [2.24, 2.45) is 0 Å². The summed E-state index contributed by atoms with van der Waals surface area (Å²) in [6.07, 6.45) is 22.5. The Morgan fingerprint density at radius 3 is 1.31 bits per heavy atom. The first kappa shape index (κ1) is 45.4. The van der Waals surface area contributed by atoms with Gasteiger partial charge in [-0.15, -0.1) is 0 Å². The van der Waals surface area contributed by atoms with Crippen molar-refractivity contribution < 1.29 is 19.1 Å². The van der Waals surface area contributed by atoms with E-state index in [1.165, 1.54) is 64.2 Å². The molecule has 0 spiro atoms. The molecule has 0 heterocycles. The maximum Gasteiger partial charge on any atom is 0.367 e. The van der Waals surface area contributed by atoms with Gasteiger partial charge in [-0.1, -0.05) is 144 Å². The maximum atomic E-state index is 10.6. The van der Waals surface area contributed by atoms with Crippen molar-refractivity contribution >= 4 is 59.6 Å². The van der Waals surface area contributed by atoms with Crippen molar-refractivity contribution in [2.45, 2.75) is 130 Å². The predicted molar refractivity (Wildman–Crippen MR) is 161 cm³/mol. The number of carbonyl (C=O) groups excluding carboxylic acids is 2. The van der Waals surface area contributed by atoms with Crippen LogP contribution < -0.4 is 0 Å². The third-order valence-corrected chi connectivity index (χ3v) is 5.01. The molecule has 0 aliphatic carbocycles. The Morgan fingerprint density at radius 1 is 0.657 bits per heavy atom. The molecule has 0 saturated heterocycles. The van der Waals surface area contributed by atoms with E-state index < -0.39 is 0 Å². The largest absolute Gasteiger partial charge is 0.465 e. The van der Waals surface area contributed by atoms with Crippen molar-refractivity contribution in [3.63, 3.8) is 0 Å². The van der Waals surface area contributed by atoms with Gasteiger partial charge in [-0.05, 0) is 24.6 Å². The number of ether oxygens (including phenoxy) is 2. The van der Waals surface area contributed by atoms with Crippen LogP contribution >= 0.6 is 24.4 Å². The Morgan fingerprint density at radius 2 is 1.00 bits per heavy atom. The summed E-state index contributed by atoms with van der Waals surface area (Å²) in [5.74, 6) is -0.181.